The van der Waals surface area contributed by atoms with Crippen LogP contribution in [0, 0.1) is 0 Å². The molecule has 0 saturated heterocycles. The average molecular weight is 234 g/mol. The number of nitrogens with zero attached hydrogens (tertiary/aromatic N) is 2. The molecular formula is C11H14N4O2. The topological polar surface area (TPSA) is 100 Å². The second-order valence-electron chi connectivity index (χ2n) is 3.19. The third-order valence-electron chi connectivity index (χ3n) is 1.80. The van der Waals surface area contributed by atoms with Crippen LogP contribution < -0.4 is 11.2 Å². The lowest BCUT2D eigenvalue weighted by Crippen LogP contribution is -2.27. The lowest BCUT2D eigenvalue weighted by molar-refractivity contribution is -0.136. The summed E-state index contributed by atoms with van der Waals surface area (Å²) in [6.07, 6.45) is 1.55. The first kappa shape index (κ1) is 12.7. The summed E-state index contributed by atoms with van der Waals surface area (Å²) >= 11 is 0. The number of aliphatic carboxylic acids is 1. The highest BCUT2D eigenvalue weighted by molar-refractivity contribution is 5.83. The number of benzene rings is 1. The molecule has 90 valence electrons. The Bertz CT molecular complexity index is 415. The zero-order valence-corrected chi connectivity index (χ0v) is 9.21. The van der Waals surface area contributed by atoms with Gasteiger partial charge in [0.05, 0.1) is 19.2 Å². The van der Waals surface area contributed by atoms with Crippen LogP contribution in [-0.2, 0) is 4.79 Å². The van der Waals surface area contributed by atoms with Crippen LogP contribution in [0.1, 0.15) is 12.0 Å². The van der Waals surface area contributed by atoms with Crippen LogP contribution in [0.4, 0.5) is 0 Å². The molecule has 0 bridgehead atoms. The van der Waals surface area contributed by atoms with Crippen LogP contribution in [0.3, 0.4) is 0 Å². The van der Waals surface area contributed by atoms with E-state index in [-0.39, 0.29) is 18.9 Å². The maximum Gasteiger partial charge on any atom is 0.305 e. The molecule has 0 atom stereocenters. The fourth-order valence-electron chi connectivity index (χ4n) is 1.02. The predicted octanol–water partition coefficient (Wildman–Crippen LogP) is 0.400. The maximum atomic E-state index is 10.2. The summed E-state index contributed by atoms with van der Waals surface area (Å²) < 4.78 is 0. The SMILES string of the molecule is NC(=NCCC(=O)O)N/N=C/c1ccccc1. The van der Waals surface area contributed by atoms with Gasteiger partial charge in [0.2, 0.25) is 5.96 Å². The highest BCUT2D eigenvalue weighted by atomic mass is 16.4. The summed E-state index contributed by atoms with van der Waals surface area (Å²) in [5.41, 5.74) is 8.89. The van der Waals surface area contributed by atoms with E-state index in [1.165, 1.54) is 0 Å². The van der Waals surface area contributed by atoms with Gasteiger partial charge in [0.25, 0.3) is 0 Å². The number of aliphatic imine (C=N–C) groups is 1. The number of carboxylic acids is 1. The van der Waals surface area contributed by atoms with Crippen molar-refractivity contribution in [3.05, 3.63) is 35.9 Å². The van der Waals surface area contributed by atoms with Crippen LogP contribution in [0.5, 0.6) is 0 Å². The monoisotopic (exact) mass is 234 g/mol. The van der Waals surface area contributed by atoms with E-state index in [1.807, 2.05) is 30.3 Å². The molecule has 6 nitrogen and oxygen atoms in total. The van der Waals surface area contributed by atoms with E-state index in [0.29, 0.717) is 0 Å². The van der Waals surface area contributed by atoms with Gasteiger partial charge >= 0.3 is 5.97 Å². The van der Waals surface area contributed by atoms with Gasteiger partial charge in [-0.25, -0.2) is 5.43 Å². The molecule has 17 heavy (non-hydrogen) atoms. The van der Waals surface area contributed by atoms with Gasteiger partial charge in [0, 0.05) is 0 Å². The number of hydrazone groups is 1. The van der Waals surface area contributed by atoms with Gasteiger partial charge in [-0.15, -0.1) is 0 Å². The Hall–Kier alpha value is -2.37. The third kappa shape index (κ3) is 5.93. The smallest absolute Gasteiger partial charge is 0.305 e. The zero-order chi connectivity index (χ0) is 12.5. The molecule has 0 aromatic heterocycles. The van der Waals surface area contributed by atoms with E-state index in [2.05, 4.69) is 15.5 Å². The molecule has 0 unspecified atom stereocenters. The summed E-state index contributed by atoms with van der Waals surface area (Å²) in [6.45, 7) is 0.134. The van der Waals surface area contributed by atoms with E-state index in [0.717, 1.165) is 5.56 Å². The number of hydrogen-bond donors (Lipinski definition) is 3. The van der Waals surface area contributed by atoms with Gasteiger partial charge in [-0.3, -0.25) is 9.79 Å². The first-order chi connectivity index (χ1) is 8.18. The van der Waals surface area contributed by atoms with Crippen molar-refractivity contribution < 1.29 is 9.90 Å². The van der Waals surface area contributed by atoms with Crippen LogP contribution in [0.25, 0.3) is 0 Å². The molecule has 0 heterocycles. The van der Waals surface area contributed by atoms with Crippen LogP contribution in [0.15, 0.2) is 40.4 Å². The van der Waals surface area contributed by atoms with E-state index in [1.54, 1.807) is 6.21 Å². The fraction of sp³-hybridized carbons (Fsp3) is 0.182. The number of hydrogen-bond acceptors (Lipinski definition) is 3. The summed E-state index contributed by atoms with van der Waals surface area (Å²) in [4.78, 5) is 14.0. The number of carboxylic acid groups (broad SMARTS) is 1. The Labute approximate surface area is 98.9 Å². The molecule has 0 saturated carbocycles. The zero-order valence-electron chi connectivity index (χ0n) is 9.21. The molecular weight excluding hydrogens is 220 g/mol. The number of rotatable bonds is 5. The second kappa shape index (κ2) is 7.00. The van der Waals surface area contributed by atoms with Crippen molar-refractivity contribution in [2.75, 3.05) is 6.54 Å². The average Bonchev–Trinajstić information content (AvgIpc) is 2.30. The van der Waals surface area contributed by atoms with Crippen molar-refractivity contribution in [3.8, 4) is 0 Å². The van der Waals surface area contributed by atoms with Gasteiger partial charge < -0.3 is 10.8 Å². The van der Waals surface area contributed by atoms with Crippen LogP contribution in [-0.4, -0.2) is 29.8 Å². The van der Waals surface area contributed by atoms with Crippen molar-refractivity contribution in [2.24, 2.45) is 15.8 Å². The summed E-state index contributed by atoms with van der Waals surface area (Å²) in [5.74, 6) is -0.812. The Kier molecular flexibility index (Phi) is 5.23. The second-order valence-corrected chi connectivity index (χ2v) is 3.19. The van der Waals surface area contributed by atoms with Gasteiger partial charge in [0.1, 0.15) is 0 Å². The summed E-state index contributed by atoms with van der Waals surface area (Å²) in [7, 11) is 0. The molecule has 1 rings (SSSR count). The Balaban J connectivity index is 2.35. The molecule has 1 aromatic carbocycles. The van der Waals surface area contributed by atoms with Crippen LogP contribution in [0.2, 0.25) is 0 Å². The summed E-state index contributed by atoms with van der Waals surface area (Å²) in [6, 6.07) is 9.48. The summed E-state index contributed by atoms with van der Waals surface area (Å²) in [5, 5.41) is 12.3. The van der Waals surface area contributed by atoms with E-state index in [4.69, 9.17) is 10.8 Å². The highest BCUT2D eigenvalue weighted by Gasteiger charge is 1.94. The standard InChI is InChI=1S/C11H14N4O2/c12-11(13-7-6-10(16)17)15-14-8-9-4-2-1-3-5-9/h1-5,8H,6-7H2,(H,16,17)(H3,12,13,15)/b14-8+. The Morgan fingerprint density at radius 1 is 1.41 bits per heavy atom. The maximum absolute atomic E-state index is 10.2. The lowest BCUT2D eigenvalue weighted by atomic mass is 10.2. The van der Waals surface area contributed by atoms with Crippen molar-refractivity contribution in [3.63, 3.8) is 0 Å². The number of nitrogens with two attached hydrogens (primary N) is 1. The van der Waals surface area contributed by atoms with Gasteiger partial charge in [0.15, 0.2) is 0 Å². The minimum absolute atomic E-state index is 0.0508. The van der Waals surface area contributed by atoms with Crippen molar-refractivity contribution in [1.29, 1.82) is 0 Å². The quantitative estimate of drug-likeness (QED) is 0.390. The minimum Gasteiger partial charge on any atom is -0.481 e. The molecule has 0 aliphatic carbocycles. The van der Waals surface area contributed by atoms with E-state index >= 15 is 0 Å². The predicted molar refractivity (Wildman–Crippen MR) is 65.9 cm³/mol. The van der Waals surface area contributed by atoms with E-state index < -0.39 is 5.97 Å². The molecule has 1 aromatic rings. The third-order valence-corrected chi connectivity index (χ3v) is 1.80. The molecule has 4 N–H and O–H groups in total. The molecule has 0 amide bonds. The number of carbonyl (C=O) groups is 1. The van der Waals surface area contributed by atoms with Gasteiger partial charge in [-0.2, -0.15) is 5.10 Å². The molecule has 0 aliphatic heterocycles. The molecule has 0 fully saturated rings. The van der Waals surface area contributed by atoms with Gasteiger partial charge in [-0.05, 0) is 5.56 Å². The fourth-order valence-corrected chi connectivity index (χ4v) is 1.02. The van der Waals surface area contributed by atoms with Crippen molar-refractivity contribution in [1.82, 2.24) is 5.43 Å². The van der Waals surface area contributed by atoms with Crippen molar-refractivity contribution in [2.45, 2.75) is 6.42 Å². The lowest BCUT2D eigenvalue weighted by Gasteiger charge is -1.98. The molecule has 0 radical (unpaired) electrons. The van der Waals surface area contributed by atoms with Gasteiger partial charge in [-0.1, -0.05) is 30.3 Å². The first-order valence-corrected chi connectivity index (χ1v) is 5.04. The molecule has 0 spiro atoms. The largest absolute Gasteiger partial charge is 0.481 e. The van der Waals surface area contributed by atoms with Crippen LogP contribution >= 0.6 is 0 Å². The normalized spacial score (nSPS) is 11.6. The minimum atomic E-state index is -0.908. The van der Waals surface area contributed by atoms with Crippen molar-refractivity contribution >= 4 is 18.1 Å². The molecule has 6 heteroatoms. The molecule has 0 aliphatic rings. The Morgan fingerprint density at radius 2 is 2.12 bits per heavy atom. The highest BCUT2D eigenvalue weighted by Crippen LogP contribution is 1.92. The van der Waals surface area contributed by atoms with E-state index in [9.17, 15) is 4.79 Å². The number of nitrogens with one attached hydrogen (secondary N) is 1. The Morgan fingerprint density at radius 3 is 2.76 bits per heavy atom. The first-order valence-electron chi connectivity index (χ1n) is 5.04. The number of guanidine groups is 1.